The van der Waals surface area contributed by atoms with E-state index in [1.54, 1.807) is 18.0 Å². The monoisotopic (exact) mass is 214 g/mol. The first-order valence-electron chi connectivity index (χ1n) is 4.88. The molecule has 0 saturated heterocycles. The molecule has 1 aromatic heterocycles. The van der Waals surface area contributed by atoms with Gasteiger partial charge in [-0.1, -0.05) is 20.8 Å². The lowest BCUT2D eigenvalue weighted by molar-refractivity contribution is -0.107. The molecule has 1 aromatic rings. The van der Waals surface area contributed by atoms with Gasteiger partial charge >= 0.3 is 0 Å². The fourth-order valence-corrected chi connectivity index (χ4v) is 1.85. The van der Waals surface area contributed by atoms with Crippen molar-refractivity contribution >= 4 is 18.0 Å². The highest BCUT2D eigenvalue weighted by molar-refractivity contribution is 8.00. The van der Waals surface area contributed by atoms with Crippen molar-refractivity contribution in [2.75, 3.05) is 0 Å². The Morgan fingerprint density at radius 2 is 2.21 bits per heavy atom. The van der Waals surface area contributed by atoms with Crippen molar-refractivity contribution < 1.29 is 9.21 Å². The highest BCUT2D eigenvalue weighted by Crippen LogP contribution is 2.28. The number of hydrogen-bond donors (Lipinski definition) is 0. The first-order valence-corrected chi connectivity index (χ1v) is 5.76. The summed E-state index contributed by atoms with van der Waals surface area (Å²) in [5.74, 6) is 0.928. The van der Waals surface area contributed by atoms with Gasteiger partial charge < -0.3 is 9.21 Å². The lowest BCUT2D eigenvalue weighted by Crippen LogP contribution is -1.95. The average molecular weight is 214 g/mol. The van der Waals surface area contributed by atoms with E-state index in [0.717, 1.165) is 16.9 Å². The summed E-state index contributed by atoms with van der Waals surface area (Å²) in [6.45, 7) is 7.96. The molecule has 1 atom stereocenters. The molecule has 0 saturated carbocycles. The summed E-state index contributed by atoms with van der Waals surface area (Å²) in [6, 6.07) is 1.93. The molecule has 0 fully saturated rings. The molecule has 0 spiro atoms. The zero-order valence-electron chi connectivity index (χ0n) is 9.24. The van der Waals surface area contributed by atoms with Gasteiger partial charge in [-0.2, -0.15) is 0 Å². The number of hydrogen-bond acceptors (Lipinski definition) is 3. The van der Waals surface area contributed by atoms with E-state index in [2.05, 4.69) is 0 Å². The standard InChI is InChI=1S/C9H12O2S.C2H6/c1-7(3-5-10)12-9-4-6-11-8(9)2;1-2/h4-7H,3H2,1-2H3;1-2H3. The van der Waals surface area contributed by atoms with Crippen molar-refractivity contribution in [1.29, 1.82) is 0 Å². The first kappa shape index (κ1) is 13.3. The van der Waals surface area contributed by atoms with Crippen molar-refractivity contribution in [2.24, 2.45) is 0 Å². The number of carbonyl (C=O) groups excluding carboxylic acids is 1. The fraction of sp³-hybridized carbons (Fsp3) is 0.545. The van der Waals surface area contributed by atoms with Crippen LogP contribution in [0.15, 0.2) is 21.6 Å². The molecule has 2 nitrogen and oxygen atoms in total. The van der Waals surface area contributed by atoms with Crippen molar-refractivity contribution in [1.82, 2.24) is 0 Å². The lowest BCUT2D eigenvalue weighted by Gasteiger charge is -2.04. The van der Waals surface area contributed by atoms with Crippen molar-refractivity contribution in [3.05, 3.63) is 18.1 Å². The van der Waals surface area contributed by atoms with E-state index in [1.807, 2.05) is 33.8 Å². The highest BCUT2D eigenvalue weighted by atomic mass is 32.2. The summed E-state index contributed by atoms with van der Waals surface area (Å²) < 4.78 is 5.13. The molecule has 0 radical (unpaired) electrons. The topological polar surface area (TPSA) is 30.2 Å². The Morgan fingerprint density at radius 3 is 2.64 bits per heavy atom. The first-order chi connectivity index (χ1) is 6.74. The summed E-state index contributed by atoms with van der Waals surface area (Å²) in [7, 11) is 0. The molecule has 1 rings (SSSR count). The fourth-order valence-electron chi connectivity index (χ4n) is 0.896. The van der Waals surface area contributed by atoms with Gasteiger partial charge in [-0.3, -0.25) is 0 Å². The molecule has 0 aliphatic carbocycles. The van der Waals surface area contributed by atoms with Gasteiger partial charge in [-0.05, 0) is 13.0 Å². The lowest BCUT2D eigenvalue weighted by atomic mass is 10.4. The molecule has 80 valence electrons. The van der Waals surface area contributed by atoms with Gasteiger partial charge in [0.05, 0.1) is 6.26 Å². The Morgan fingerprint density at radius 1 is 1.57 bits per heavy atom. The van der Waals surface area contributed by atoms with Crippen LogP contribution in [0.4, 0.5) is 0 Å². The van der Waals surface area contributed by atoms with Crippen LogP contribution in [0.3, 0.4) is 0 Å². The van der Waals surface area contributed by atoms with E-state index in [1.165, 1.54) is 0 Å². The largest absolute Gasteiger partial charge is 0.468 e. The molecule has 0 bridgehead atoms. The predicted octanol–water partition coefficient (Wildman–Crippen LogP) is 3.68. The van der Waals surface area contributed by atoms with Gasteiger partial charge in [0, 0.05) is 16.6 Å². The van der Waals surface area contributed by atoms with E-state index in [9.17, 15) is 4.79 Å². The average Bonchev–Trinajstić information content (AvgIpc) is 2.56. The summed E-state index contributed by atoms with van der Waals surface area (Å²) >= 11 is 1.68. The second-order valence-electron chi connectivity index (χ2n) is 2.67. The SMILES string of the molecule is CC.Cc1occc1SC(C)CC=O. The molecule has 14 heavy (non-hydrogen) atoms. The van der Waals surface area contributed by atoms with Gasteiger partial charge in [0.15, 0.2) is 0 Å². The minimum absolute atomic E-state index is 0.332. The van der Waals surface area contributed by atoms with Crippen LogP contribution < -0.4 is 0 Å². The minimum Gasteiger partial charge on any atom is -0.468 e. The molecule has 0 amide bonds. The quantitative estimate of drug-likeness (QED) is 0.565. The molecule has 1 heterocycles. The van der Waals surface area contributed by atoms with E-state index < -0.39 is 0 Å². The third-order valence-electron chi connectivity index (χ3n) is 1.57. The maximum absolute atomic E-state index is 10.2. The Kier molecular flexibility index (Phi) is 7.30. The number of carbonyl (C=O) groups is 1. The molecular formula is C11H18O2S. The Hall–Kier alpha value is -0.700. The number of thioether (sulfide) groups is 1. The Balaban J connectivity index is 0.000000791. The van der Waals surface area contributed by atoms with Crippen LogP contribution in [0.5, 0.6) is 0 Å². The van der Waals surface area contributed by atoms with Crippen LogP contribution in [0.1, 0.15) is 33.0 Å². The van der Waals surface area contributed by atoms with Crippen molar-refractivity contribution in [2.45, 2.75) is 44.3 Å². The summed E-state index contributed by atoms with van der Waals surface area (Å²) in [5, 5.41) is 0.332. The third-order valence-corrected chi connectivity index (χ3v) is 2.84. The summed E-state index contributed by atoms with van der Waals surface area (Å²) in [6.07, 6.45) is 3.22. The summed E-state index contributed by atoms with van der Waals surface area (Å²) in [5.41, 5.74) is 0. The second kappa shape index (κ2) is 7.68. The number of aldehydes is 1. The van der Waals surface area contributed by atoms with Crippen LogP contribution >= 0.6 is 11.8 Å². The van der Waals surface area contributed by atoms with Gasteiger partial charge in [0.1, 0.15) is 12.0 Å². The van der Waals surface area contributed by atoms with Crippen molar-refractivity contribution in [3.8, 4) is 0 Å². The zero-order chi connectivity index (χ0) is 11.0. The van der Waals surface area contributed by atoms with Crippen LogP contribution in [0, 0.1) is 6.92 Å². The van der Waals surface area contributed by atoms with Crippen molar-refractivity contribution in [3.63, 3.8) is 0 Å². The maximum Gasteiger partial charge on any atom is 0.121 e. The van der Waals surface area contributed by atoms with Crippen LogP contribution in [-0.2, 0) is 4.79 Å². The summed E-state index contributed by atoms with van der Waals surface area (Å²) in [4.78, 5) is 11.3. The molecule has 0 aliphatic rings. The normalized spacial score (nSPS) is 11.4. The Bertz CT molecular complexity index is 256. The van der Waals surface area contributed by atoms with Gasteiger partial charge in [0.25, 0.3) is 0 Å². The number of furan rings is 1. The van der Waals surface area contributed by atoms with E-state index in [-0.39, 0.29) is 0 Å². The van der Waals surface area contributed by atoms with E-state index in [4.69, 9.17) is 4.42 Å². The predicted molar refractivity (Wildman–Crippen MR) is 60.8 cm³/mol. The van der Waals surface area contributed by atoms with Crippen LogP contribution in [0.2, 0.25) is 0 Å². The minimum atomic E-state index is 0.332. The molecule has 0 aliphatic heterocycles. The maximum atomic E-state index is 10.2. The van der Waals surface area contributed by atoms with Crippen LogP contribution in [0.25, 0.3) is 0 Å². The second-order valence-corrected chi connectivity index (χ2v) is 4.15. The molecule has 3 heteroatoms. The molecule has 0 N–H and O–H groups in total. The molecular weight excluding hydrogens is 196 g/mol. The smallest absolute Gasteiger partial charge is 0.121 e. The molecule has 0 aromatic carbocycles. The van der Waals surface area contributed by atoms with Gasteiger partial charge in [-0.15, -0.1) is 11.8 Å². The van der Waals surface area contributed by atoms with E-state index >= 15 is 0 Å². The molecule has 1 unspecified atom stereocenters. The van der Waals surface area contributed by atoms with Gasteiger partial charge in [-0.25, -0.2) is 0 Å². The van der Waals surface area contributed by atoms with Crippen LogP contribution in [-0.4, -0.2) is 11.5 Å². The zero-order valence-corrected chi connectivity index (χ0v) is 10.1. The third kappa shape index (κ3) is 4.51. The number of aryl methyl sites for hydroxylation is 1. The highest BCUT2D eigenvalue weighted by Gasteiger charge is 2.07. The van der Waals surface area contributed by atoms with Gasteiger partial charge in [0.2, 0.25) is 0 Å². The number of rotatable bonds is 4. The van der Waals surface area contributed by atoms with E-state index in [0.29, 0.717) is 11.7 Å². The Labute approximate surface area is 90.1 Å².